The number of carboxylic acid groups (broad SMARTS) is 1. The lowest BCUT2D eigenvalue weighted by Gasteiger charge is -2.49. The first-order valence-corrected chi connectivity index (χ1v) is 5.45. The molecule has 0 aromatic carbocycles. The summed E-state index contributed by atoms with van der Waals surface area (Å²) in [6.45, 7) is 6.83. The summed E-state index contributed by atoms with van der Waals surface area (Å²) < 4.78 is 0. The minimum atomic E-state index is -0.604. The lowest BCUT2D eigenvalue weighted by molar-refractivity contribution is -0.141. The van der Waals surface area contributed by atoms with Crippen LogP contribution in [0.1, 0.15) is 33.1 Å². The van der Waals surface area contributed by atoms with E-state index >= 15 is 0 Å². The molecule has 0 amide bonds. The molecule has 0 radical (unpaired) electrons. The molecule has 3 heteroatoms. The number of rotatable bonds is 2. The Morgan fingerprint density at radius 3 is 2.43 bits per heavy atom. The van der Waals surface area contributed by atoms with Gasteiger partial charge >= 0.3 is 5.97 Å². The van der Waals surface area contributed by atoms with Crippen molar-refractivity contribution in [2.24, 2.45) is 11.3 Å². The van der Waals surface area contributed by atoms with Crippen LogP contribution in [0.5, 0.6) is 0 Å². The largest absolute Gasteiger partial charge is 0.481 e. The van der Waals surface area contributed by atoms with E-state index in [2.05, 4.69) is 18.7 Å². The fraction of sp³-hybridized carbons (Fsp3) is 0.909. The molecule has 80 valence electrons. The number of nitrogens with zero attached hydrogens (tertiary/aromatic N) is 1. The highest BCUT2D eigenvalue weighted by molar-refractivity contribution is 5.70. The van der Waals surface area contributed by atoms with Gasteiger partial charge in [0, 0.05) is 19.1 Å². The second kappa shape index (κ2) is 3.23. The molecule has 2 rings (SSSR count). The Morgan fingerprint density at radius 1 is 1.36 bits per heavy atom. The van der Waals surface area contributed by atoms with E-state index in [0.717, 1.165) is 32.4 Å². The second-order valence-electron chi connectivity index (χ2n) is 5.57. The quantitative estimate of drug-likeness (QED) is 0.730. The van der Waals surface area contributed by atoms with E-state index < -0.39 is 5.97 Å². The summed E-state index contributed by atoms with van der Waals surface area (Å²) in [5.74, 6) is -0.684. The van der Waals surface area contributed by atoms with Gasteiger partial charge in [-0.15, -0.1) is 0 Å². The molecule has 0 aromatic rings. The van der Waals surface area contributed by atoms with Gasteiger partial charge in [0.2, 0.25) is 0 Å². The maximum Gasteiger partial charge on any atom is 0.306 e. The van der Waals surface area contributed by atoms with Crippen LogP contribution in [0.15, 0.2) is 0 Å². The number of aliphatic carboxylic acids is 1. The standard InChI is InChI=1S/C11H19NO2/c1-11(2)6-12(7-11)9-4-3-8(5-9)10(13)14/h8-9H,3-7H2,1-2H3,(H,13,14)/t8-,9+/m0/s1. The number of carbonyl (C=O) groups is 1. The summed E-state index contributed by atoms with van der Waals surface area (Å²) >= 11 is 0. The second-order valence-corrected chi connectivity index (χ2v) is 5.57. The van der Waals surface area contributed by atoms with E-state index in [9.17, 15) is 4.79 Å². The minimum Gasteiger partial charge on any atom is -0.481 e. The highest BCUT2D eigenvalue weighted by atomic mass is 16.4. The highest BCUT2D eigenvalue weighted by Gasteiger charge is 2.41. The third-order valence-electron chi connectivity index (χ3n) is 3.53. The normalized spacial score (nSPS) is 36.7. The molecule has 2 aliphatic rings. The predicted molar refractivity (Wildman–Crippen MR) is 54.1 cm³/mol. The van der Waals surface area contributed by atoms with Gasteiger partial charge < -0.3 is 5.11 Å². The smallest absolute Gasteiger partial charge is 0.306 e. The lowest BCUT2D eigenvalue weighted by Crippen LogP contribution is -2.56. The van der Waals surface area contributed by atoms with Crippen LogP contribution in [-0.2, 0) is 4.79 Å². The fourth-order valence-electron chi connectivity index (χ4n) is 2.83. The van der Waals surface area contributed by atoms with Crippen molar-refractivity contribution in [1.29, 1.82) is 0 Å². The molecule has 1 saturated heterocycles. The molecule has 0 bridgehead atoms. The van der Waals surface area contributed by atoms with E-state index in [1.54, 1.807) is 0 Å². The molecular formula is C11H19NO2. The monoisotopic (exact) mass is 197 g/mol. The maximum atomic E-state index is 10.8. The topological polar surface area (TPSA) is 40.5 Å². The molecule has 1 N–H and O–H groups in total. The summed E-state index contributed by atoms with van der Waals surface area (Å²) in [4.78, 5) is 13.2. The summed E-state index contributed by atoms with van der Waals surface area (Å²) in [6.07, 6.45) is 2.81. The van der Waals surface area contributed by atoms with Crippen LogP contribution in [0.25, 0.3) is 0 Å². The van der Waals surface area contributed by atoms with Crippen LogP contribution in [0, 0.1) is 11.3 Å². The summed E-state index contributed by atoms with van der Waals surface area (Å²) in [5.41, 5.74) is 0.460. The van der Waals surface area contributed by atoms with Gasteiger partial charge in [0.1, 0.15) is 0 Å². The Morgan fingerprint density at radius 2 is 2.00 bits per heavy atom. The van der Waals surface area contributed by atoms with Crippen LogP contribution in [0.4, 0.5) is 0 Å². The Bertz CT molecular complexity index is 242. The zero-order chi connectivity index (χ0) is 10.3. The minimum absolute atomic E-state index is 0.0799. The first-order valence-electron chi connectivity index (χ1n) is 5.45. The van der Waals surface area contributed by atoms with E-state index in [0.29, 0.717) is 11.5 Å². The van der Waals surface area contributed by atoms with Crippen molar-refractivity contribution in [3.8, 4) is 0 Å². The molecule has 1 saturated carbocycles. The predicted octanol–water partition coefficient (Wildman–Crippen LogP) is 1.58. The zero-order valence-corrected chi connectivity index (χ0v) is 8.99. The molecule has 1 aliphatic carbocycles. The van der Waals surface area contributed by atoms with Crippen LogP contribution in [0.2, 0.25) is 0 Å². The summed E-state index contributed by atoms with van der Waals surface area (Å²) in [6, 6.07) is 0.545. The Labute approximate surface area is 85.1 Å². The molecule has 0 spiro atoms. The van der Waals surface area contributed by atoms with Crippen molar-refractivity contribution in [2.45, 2.75) is 39.2 Å². The van der Waals surface area contributed by atoms with Crippen LogP contribution in [0.3, 0.4) is 0 Å². The van der Waals surface area contributed by atoms with Gasteiger partial charge in [0.05, 0.1) is 5.92 Å². The van der Waals surface area contributed by atoms with Gasteiger partial charge in [-0.1, -0.05) is 13.8 Å². The zero-order valence-electron chi connectivity index (χ0n) is 8.99. The Balaban J connectivity index is 1.83. The van der Waals surface area contributed by atoms with Crippen LogP contribution in [-0.4, -0.2) is 35.1 Å². The van der Waals surface area contributed by atoms with Crippen LogP contribution >= 0.6 is 0 Å². The SMILES string of the molecule is CC1(C)CN([C@@H]2CC[C@H](C(=O)O)C2)C1. The summed E-state index contributed by atoms with van der Waals surface area (Å²) in [7, 11) is 0. The van der Waals surface area contributed by atoms with Crippen LogP contribution < -0.4 is 0 Å². The fourth-order valence-corrected chi connectivity index (χ4v) is 2.83. The Hall–Kier alpha value is -0.570. The van der Waals surface area contributed by atoms with Gasteiger partial charge in [-0.2, -0.15) is 0 Å². The van der Waals surface area contributed by atoms with E-state index in [1.165, 1.54) is 0 Å². The number of hydrogen-bond donors (Lipinski definition) is 1. The number of carboxylic acids is 1. The van der Waals surface area contributed by atoms with Gasteiger partial charge in [-0.05, 0) is 24.7 Å². The molecular weight excluding hydrogens is 178 g/mol. The molecule has 3 nitrogen and oxygen atoms in total. The van der Waals surface area contributed by atoms with E-state index in [-0.39, 0.29) is 5.92 Å². The molecule has 1 heterocycles. The van der Waals surface area contributed by atoms with Crippen molar-refractivity contribution in [2.75, 3.05) is 13.1 Å². The molecule has 2 atom stereocenters. The summed E-state index contributed by atoms with van der Waals surface area (Å²) in [5, 5.41) is 8.89. The molecule has 2 fully saturated rings. The third kappa shape index (κ3) is 1.78. The van der Waals surface area contributed by atoms with E-state index in [1.807, 2.05) is 0 Å². The average molecular weight is 197 g/mol. The average Bonchev–Trinajstić information content (AvgIpc) is 2.47. The van der Waals surface area contributed by atoms with Gasteiger partial charge in [-0.25, -0.2) is 0 Å². The van der Waals surface area contributed by atoms with Crippen molar-refractivity contribution in [1.82, 2.24) is 4.90 Å². The maximum absolute atomic E-state index is 10.8. The highest BCUT2D eigenvalue weighted by Crippen LogP contribution is 2.37. The lowest BCUT2D eigenvalue weighted by atomic mass is 9.83. The number of hydrogen-bond acceptors (Lipinski definition) is 2. The van der Waals surface area contributed by atoms with Gasteiger partial charge in [0.15, 0.2) is 0 Å². The molecule has 14 heavy (non-hydrogen) atoms. The van der Waals surface area contributed by atoms with Crippen molar-refractivity contribution >= 4 is 5.97 Å². The van der Waals surface area contributed by atoms with Crippen molar-refractivity contribution in [3.63, 3.8) is 0 Å². The van der Waals surface area contributed by atoms with E-state index in [4.69, 9.17) is 5.11 Å². The number of likely N-dealkylation sites (tertiary alicyclic amines) is 1. The van der Waals surface area contributed by atoms with Crippen molar-refractivity contribution in [3.05, 3.63) is 0 Å². The van der Waals surface area contributed by atoms with Gasteiger partial charge in [0.25, 0.3) is 0 Å². The molecule has 1 aliphatic heterocycles. The molecule has 0 unspecified atom stereocenters. The van der Waals surface area contributed by atoms with Crippen molar-refractivity contribution < 1.29 is 9.90 Å². The molecule has 0 aromatic heterocycles. The first kappa shape index (κ1) is 9.97. The third-order valence-corrected chi connectivity index (χ3v) is 3.53. The Kier molecular flexibility index (Phi) is 2.30. The first-order chi connectivity index (χ1) is 6.48. The van der Waals surface area contributed by atoms with Gasteiger partial charge in [-0.3, -0.25) is 9.69 Å².